The van der Waals surface area contributed by atoms with Crippen molar-refractivity contribution in [2.45, 2.75) is 19.4 Å². The largest absolute Gasteiger partial charge is 0.459 e. The maximum atomic E-state index is 14.0. The molecule has 2 aromatic rings. The van der Waals surface area contributed by atoms with Crippen molar-refractivity contribution in [3.8, 4) is 0 Å². The average Bonchev–Trinajstić information content (AvgIpc) is 3.21. The Bertz CT molecular complexity index is 748. The molecule has 1 fully saturated rings. The number of hydrogen-bond acceptors (Lipinski definition) is 4. The van der Waals surface area contributed by atoms with Gasteiger partial charge in [-0.25, -0.2) is 4.39 Å². The minimum Gasteiger partial charge on any atom is -0.459 e. The lowest BCUT2D eigenvalue weighted by Crippen LogP contribution is -2.44. The fourth-order valence-corrected chi connectivity index (χ4v) is 3.78. The summed E-state index contributed by atoms with van der Waals surface area (Å²) < 4.78 is 19.3. The predicted molar refractivity (Wildman–Crippen MR) is 108 cm³/mol. The number of carbonyl (C=O) groups excluding carboxylic acids is 1. The molecular weight excluding hydrogens is 357 g/mol. The minimum absolute atomic E-state index is 0.0573. The summed E-state index contributed by atoms with van der Waals surface area (Å²) in [5.74, 6) is 0.558. The van der Waals surface area contributed by atoms with Crippen LogP contribution in [0, 0.1) is 11.7 Å². The number of halogens is 1. The van der Waals surface area contributed by atoms with Gasteiger partial charge in [0.1, 0.15) is 5.82 Å². The Morgan fingerprint density at radius 2 is 2.04 bits per heavy atom. The van der Waals surface area contributed by atoms with E-state index in [-0.39, 0.29) is 11.7 Å². The highest BCUT2D eigenvalue weighted by atomic mass is 19.1. The third-order valence-corrected chi connectivity index (χ3v) is 5.27. The van der Waals surface area contributed by atoms with E-state index < -0.39 is 0 Å². The van der Waals surface area contributed by atoms with E-state index in [1.165, 1.54) is 12.3 Å². The molecule has 3 rings (SSSR count). The van der Waals surface area contributed by atoms with Gasteiger partial charge in [0, 0.05) is 38.3 Å². The Labute approximate surface area is 166 Å². The number of piperidine rings is 1. The van der Waals surface area contributed by atoms with Gasteiger partial charge in [0.2, 0.25) is 0 Å². The van der Waals surface area contributed by atoms with Gasteiger partial charge in [-0.15, -0.1) is 0 Å². The van der Waals surface area contributed by atoms with E-state index in [4.69, 9.17) is 4.42 Å². The Morgan fingerprint density at radius 3 is 2.75 bits per heavy atom. The van der Waals surface area contributed by atoms with Crippen molar-refractivity contribution in [2.75, 3.05) is 46.8 Å². The van der Waals surface area contributed by atoms with E-state index in [1.807, 2.05) is 31.1 Å². The fraction of sp³-hybridized carbons (Fsp3) is 0.500. The summed E-state index contributed by atoms with van der Waals surface area (Å²) in [5, 5.41) is 0. The molecule has 0 bridgehead atoms. The first-order valence-electron chi connectivity index (χ1n) is 9.96. The molecule has 1 aromatic carbocycles. The molecule has 6 heteroatoms. The quantitative estimate of drug-likeness (QED) is 0.697. The zero-order chi connectivity index (χ0) is 19.9. The van der Waals surface area contributed by atoms with Crippen LogP contribution in [0.4, 0.5) is 4.39 Å². The molecule has 2 heterocycles. The first kappa shape index (κ1) is 20.6. The third kappa shape index (κ3) is 5.66. The van der Waals surface area contributed by atoms with Gasteiger partial charge in [-0.3, -0.25) is 9.69 Å². The molecule has 1 aliphatic rings. The number of likely N-dealkylation sites (N-methyl/N-ethyl adjacent to an activating group) is 1. The van der Waals surface area contributed by atoms with Crippen LogP contribution >= 0.6 is 0 Å². The molecule has 1 saturated heterocycles. The van der Waals surface area contributed by atoms with E-state index in [9.17, 15) is 9.18 Å². The van der Waals surface area contributed by atoms with Gasteiger partial charge < -0.3 is 14.2 Å². The van der Waals surface area contributed by atoms with Crippen molar-refractivity contribution in [1.29, 1.82) is 0 Å². The lowest BCUT2D eigenvalue weighted by Gasteiger charge is -2.36. The molecule has 0 saturated carbocycles. The maximum absolute atomic E-state index is 14.0. The number of amides is 1. The van der Waals surface area contributed by atoms with E-state index in [0.29, 0.717) is 31.3 Å². The minimum atomic E-state index is -0.148. The van der Waals surface area contributed by atoms with Gasteiger partial charge in [-0.05, 0) is 57.6 Å². The number of hydrogen-bond donors (Lipinski definition) is 0. The summed E-state index contributed by atoms with van der Waals surface area (Å²) >= 11 is 0. The monoisotopic (exact) mass is 387 g/mol. The van der Waals surface area contributed by atoms with E-state index >= 15 is 0 Å². The van der Waals surface area contributed by atoms with Crippen LogP contribution in [-0.4, -0.2) is 67.4 Å². The molecule has 28 heavy (non-hydrogen) atoms. The van der Waals surface area contributed by atoms with Crippen LogP contribution in [0.25, 0.3) is 0 Å². The van der Waals surface area contributed by atoms with Gasteiger partial charge in [0.05, 0.1) is 6.26 Å². The molecule has 0 radical (unpaired) electrons. The van der Waals surface area contributed by atoms with Crippen molar-refractivity contribution in [2.24, 2.45) is 5.92 Å². The predicted octanol–water partition coefficient (Wildman–Crippen LogP) is 3.33. The molecule has 0 N–H and O–H groups in total. The number of benzene rings is 1. The molecule has 1 aromatic heterocycles. The van der Waals surface area contributed by atoms with Gasteiger partial charge in [-0.2, -0.15) is 0 Å². The molecule has 0 spiro atoms. The van der Waals surface area contributed by atoms with Crippen molar-refractivity contribution < 1.29 is 13.6 Å². The topological polar surface area (TPSA) is 39.9 Å². The standard InChI is InChI=1S/C22H30FN3O2/c1-24(2)12-13-26(22(27)21-10-6-14-28-21)16-18-7-5-11-25(15-18)17-19-8-3-4-9-20(19)23/h3-4,6,8-10,14,18H,5,7,11-13,15-17H2,1-2H3. The summed E-state index contributed by atoms with van der Waals surface area (Å²) in [4.78, 5) is 19.1. The van der Waals surface area contributed by atoms with Crippen molar-refractivity contribution >= 4 is 5.91 Å². The number of likely N-dealkylation sites (tertiary alicyclic amines) is 1. The highest BCUT2D eigenvalue weighted by molar-refractivity contribution is 5.91. The lowest BCUT2D eigenvalue weighted by atomic mass is 9.96. The van der Waals surface area contributed by atoms with Crippen LogP contribution in [0.5, 0.6) is 0 Å². The Balaban J connectivity index is 1.62. The number of carbonyl (C=O) groups is 1. The normalized spacial score (nSPS) is 17.8. The summed E-state index contributed by atoms with van der Waals surface area (Å²) in [5.41, 5.74) is 0.735. The van der Waals surface area contributed by atoms with Crippen LogP contribution in [0.3, 0.4) is 0 Å². The second kappa shape index (κ2) is 9.85. The molecule has 152 valence electrons. The van der Waals surface area contributed by atoms with Crippen LogP contribution in [0.2, 0.25) is 0 Å². The second-order valence-corrected chi connectivity index (χ2v) is 7.87. The molecule has 0 aliphatic carbocycles. The zero-order valence-corrected chi connectivity index (χ0v) is 16.8. The summed E-state index contributed by atoms with van der Waals surface area (Å²) in [6.07, 6.45) is 3.68. The van der Waals surface area contributed by atoms with E-state index in [2.05, 4.69) is 9.80 Å². The van der Waals surface area contributed by atoms with E-state index in [0.717, 1.165) is 38.0 Å². The Kier molecular flexibility index (Phi) is 7.23. The van der Waals surface area contributed by atoms with Crippen LogP contribution in [-0.2, 0) is 6.54 Å². The maximum Gasteiger partial charge on any atom is 0.289 e. The van der Waals surface area contributed by atoms with Gasteiger partial charge >= 0.3 is 0 Å². The van der Waals surface area contributed by atoms with Crippen molar-refractivity contribution in [3.63, 3.8) is 0 Å². The molecule has 1 unspecified atom stereocenters. The fourth-order valence-electron chi connectivity index (χ4n) is 3.78. The molecule has 1 amide bonds. The van der Waals surface area contributed by atoms with Crippen molar-refractivity contribution in [3.05, 3.63) is 59.8 Å². The van der Waals surface area contributed by atoms with E-state index in [1.54, 1.807) is 18.2 Å². The highest BCUT2D eigenvalue weighted by Gasteiger charge is 2.26. The first-order chi connectivity index (χ1) is 13.5. The van der Waals surface area contributed by atoms with Gasteiger partial charge in [0.25, 0.3) is 5.91 Å². The van der Waals surface area contributed by atoms with Crippen molar-refractivity contribution in [1.82, 2.24) is 14.7 Å². The average molecular weight is 387 g/mol. The zero-order valence-electron chi connectivity index (χ0n) is 16.8. The SMILES string of the molecule is CN(C)CCN(CC1CCCN(Cc2ccccc2F)C1)C(=O)c1ccco1. The summed E-state index contributed by atoms with van der Waals surface area (Å²) in [6, 6.07) is 10.4. The number of furan rings is 1. The summed E-state index contributed by atoms with van der Waals surface area (Å²) in [7, 11) is 4.01. The second-order valence-electron chi connectivity index (χ2n) is 7.87. The number of nitrogens with zero attached hydrogens (tertiary/aromatic N) is 3. The molecule has 1 atom stereocenters. The Hall–Kier alpha value is -2.18. The molecular formula is C22H30FN3O2. The lowest BCUT2D eigenvalue weighted by molar-refractivity contribution is 0.0630. The Morgan fingerprint density at radius 1 is 1.21 bits per heavy atom. The summed E-state index contributed by atoms with van der Waals surface area (Å²) in [6.45, 7) is 4.62. The smallest absolute Gasteiger partial charge is 0.289 e. The first-order valence-corrected chi connectivity index (χ1v) is 9.96. The molecule has 5 nitrogen and oxygen atoms in total. The van der Waals surface area contributed by atoms with Crippen LogP contribution < -0.4 is 0 Å². The highest BCUT2D eigenvalue weighted by Crippen LogP contribution is 2.21. The van der Waals surface area contributed by atoms with Gasteiger partial charge in [0.15, 0.2) is 5.76 Å². The van der Waals surface area contributed by atoms with Crippen LogP contribution in [0.15, 0.2) is 47.1 Å². The van der Waals surface area contributed by atoms with Gasteiger partial charge in [-0.1, -0.05) is 18.2 Å². The number of rotatable bonds is 8. The third-order valence-electron chi connectivity index (χ3n) is 5.27. The van der Waals surface area contributed by atoms with Crippen LogP contribution in [0.1, 0.15) is 29.0 Å². The molecule has 1 aliphatic heterocycles.